The minimum atomic E-state index is -0.931. The van der Waals surface area contributed by atoms with Crippen molar-refractivity contribution in [1.82, 2.24) is 0 Å². The van der Waals surface area contributed by atoms with Gasteiger partial charge in [-0.2, -0.15) is 0 Å². The van der Waals surface area contributed by atoms with Gasteiger partial charge in [-0.1, -0.05) is 76.4 Å². The maximum atomic E-state index is 13.6. The second kappa shape index (κ2) is 9.11. The standard InChI is InChI=1S/C33H49ClO4/c1-20-11-14-29(4)17-18-31(6)23(27(29)21(20)2)9-10-24-30(5)15-13-26(38-22(3)35)33(8,28(36)37-19-34)25(30)12-16-32(24,31)7/h9-10,20-21,25-27H,11-19H2,1-8H3/t20-,21+,25-,26-,27+,29-,30-,31+,32-,33-/m1/s1. The predicted molar refractivity (Wildman–Crippen MR) is 151 cm³/mol. The summed E-state index contributed by atoms with van der Waals surface area (Å²) in [7, 11) is 0. The van der Waals surface area contributed by atoms with Crippen LogP contribution < -0.4 is 0 Å². The van der Waals surface area contributed by atoms with Crippen LogP contribution >= 0.6 is 11.6 Å². The van der Waals surface area contributed by atoms with E-state index in [9.17, 15) is 9.59 Å². The Hall–Kier alpha value is -1.29. The fourth-order valence-electron chi connectivity index (χ4n) is 10.7. The second-order valence-electron chi connectivity index (χ2n) is 14.8. The molecule has 4 saturated carbocycles. The Labute approximate surface area is 235 Å². The zero-order chi connectivity index (χ0) is 27.9. The third-order valence-corrected chi connectivity index (χ3v) is 13.4. The zero-order valence-electron chi connectivity index (χ0n) is 24.9. The van der Waals surface area contributed by atoms with Gasteiger partial charge in [0.2, 0.25) is 0 Å². The van der Waals surface area contributed by atoms with Crippen molar-refractivity contribution in [1.29, 1.82) is 0 Å². The fourth-order valence-corrected chi connectivity index (χ4v) is 10.8. The van der Waals surface area contributed by atoms with Crippen LogP contribution in [0.4, 0.5) is 0 Å². The number of fused-ring (bicyclic) bond motifs is 7. The summed E-state index contributed by atoms with van der Waals surface area (Å²) in [5.74, 6) is 1.42. The SMILES string of the molecule is CC(=O)O[C@@H]1CC[C@]2(C)C3=CC=C4[C@@H]5[C@@H](C)[C@H](C)CC[C@]5(C)CC[C@]4(C)[C@]3(C)CC[C@H]2[C@@]1(C)C(=O)OCCl. The molecule has 5 aliphatic rings. The van der Waals surface area contributed by atoms with E-state index in [2.05, 4.69) is 53.7 Å². The van der Waals surface area contributed by atoms with E-state index >= 15 is 0 Å². The summed E-state index contributed by atoms with van der Waals surface area (Å²) in [4.78, 5) is 25.6. The van der Waals surface area contributed by atoms with Crippen molar-refractivity contribution in [2.45, 2.75) is 113 Å². The molecule has 0 spiro atoms. The highest BCUT2D eigenvalue weighted by atomic mass is 35.5. The van der Waals surface area contributed by atoms with Crippen LogP contribution in [0.1, 0.15) is 107 Å². The van der Waals surface area contributed by atoms with Crippen molar-refractivity contribution in [3.63, 3.8) is 0 Å². The maximum Gasteiger partial charge on any atom is 0.317 e. The molecule has 0 aromatic carbocycles. The number of hydrogen-bond acceptors (Lipinski definition) is 4. The Morgan fingerprint density at radius 2 is 1.63 bits per heavy atom. The number of alkyl halides is 1. The predicted octanol–water partition coefficient (Wildman–Crippen LogP) is 8.24. The first-order valence-corrected chi connectivity index (χ1v) is 15.6. The Balaban J connectivity index is 1.62. The number of ether oxygens (including phenoxy) is 2. The molecule has 5 aliphatic carbocycles. The van der Waals surface area contributed by atoms with Crippen molar-refractivity contribution in [2.75, 3.05) is 6.07 Å². The fraction of sp³-hybridized carbons (Fsp3) is 0.818. The molecule has 10 atom stereocenters. The lowest BCUT2D eigenvalue weighted by molar-refractivity contribution is -0.195. The summed E-state index contributed by atoms with van der Waals surface area (Å²) in [6, 6.07) is -0.188. The van der Waals surface area contributed by atoms with Gasteiger partial charge in [0.1, 0.15) is 11.5 Å². The zero-order valence-corrected chi connectivity index (χ0v) is 25.7. The molecule has 212 valence electrons. The van der Waals surface area contributed by atoms with Gasteiger partial charge in [0, 0.05) is 6.92 Å². The summed E-state index contributed by atoms with van der Waals surface area (Å²) >= 11 is 5.89. The highest BCUT2D eigenvalue weighted by Crippen LogP contribution is 2.74. The van der Waals surface area contributed by atoms with E-state index in [4.69, 9.17) is 21.1 Å². The Morgan fingerprint density at radius 1 is 0.921 bits per heavy atom. The third kappa shape index (κ3) is 3.60. The van der Waals surface area contributed by atoms with Crippen LogP contribution in [0.15, 0.2) is 23.3 Å². The van der Waals surface area contributed by atoms with Crippen LogP contribution in [0, 0.1) is 50.7 Å². The van der Waals surface area contributed by atoms with Gasteiger partial charge in [-0.25, -0.2) is 0 Å². The molecule has 38 heavy (non-hydrogen) atoms. The minimum Gasteiger partial charge on any atom is -0.461 e. The van der Waals surface area contributed by atoms with E-state index in [-0.39, 0.29) is 40.2 Å². The van der Waals surface area contributed by atoms with Crippen LogP contribution in [-0.4, -0.2) is 24.1 Å². The van der Waals surface area contributed by atoms with Crippen molar-refractivity contribution >= 4 is 23.5 Å². The van der Waals surface area contributed by atoms with Crippen LogP contribution in [0.2, 0.25) is 0 Å². The molecule has 0 amide bonds. The average Bonchev–Trinajstić information content (AvgIpc) is 2.84. The number of hydrogen-bond donors (Lipinski definition) is 0. The molecule has 4 fully saturated rings. The van der Waals surface area contributed by atoms with Crippen molar-refractivity contribution in [3.8, 4) is 0 Å². The summed E-state index contributed by atoms with van der Waals surface area (Å²) in [6.07, 6.45) is 13.2. The van der Waals surface area contributed by atoms with Gasteiger partial charge < -0.3 is 9.47 Å². The Morgan fingerprint density at radius 3 is 2.29 bits per heavy atom. The van der Waals surface area contributed by atoms with Crippen LogP contribution in [0.5, 0.6) is 0 Å². The molecule has 0 aromatic heterocycles. The number of carbonyl (C=O) groups is 2. The summed E-state index contributed by atoms with van der Waals surface area (Å²) in [6.45, 7) is 18.4. The van der Waals surface area contributed by atoms with Crippen molar-refractivity contribution in [2.24, 2.45) is 50.7 Å². The molecule has 0 bridgehead atoms. The van der Waals surface area contributed by atoms with E-state index in [0.29, 0.717) is 23.7 Å². The molecule has 0 heterocycles. The molecule has 0 N–H and O–H groups in total. The summed E-state index contributed by atoms with van der Waals surface area (Å²) in [5, 5.41) is 0. The van der Waals surface area contributed by atoms with Crippen LogP contribution in [-0.2, 0) is 19.1 Å². The third-order valence-electron chi connectivity index (χ3n) is 13.3. The van der Waals surface area contributed by atoms with E-state index in [1.54, 1.807) is 5.57 Å². The monoisotopic (exact) mass is 544 g/mol. The Bertz CT molecular complexity index is 1080. The quantitative estimate of drug-likeness (QED) is 0.265. The number of allylic oxidation sites excluding steroid dienone is 4. The van der Waals surface area contributed by atoms with Gasteiger partial charge in [-0.15, -0.1) is 0 Å². The lowest BCUT2D eigenvalue weighted by atomic mass is 9.35. The van der Waals surface area contributed by atoms with Crippen molar-refractivity contribution in [3.05, 3.63) is 23.3 Å². The van der Waals surface area contributed by atoms with E-state index < -0.39 is 11.5 Å². The summed E-state index contributed by atoms with van der Waals surface area (Å²) < 4.78 is 11.3. The first-order valence-electron chi connectivity index (χ1n) is 15.0. The molecule has 0 aromatic rings. The maximum absolute atomic E-state index is 13.6. The number of esters is 2. The lowest BCUT2D eigenvalue weighted by Gasteiger charge is -2.68. The number of halogens is 1. The molecule has 0 saturated heterocycles. The lowest BCUT2D eigenvalue weighted by Crippen LogP contribution is -2.63. The molecule has 0 radical (unpaired) electrons. The van der Waals surface area contributed by atoms with Crippen LogP contribution in [0.25, 0.3) is 0 Å². The van der Waals surface area contributed by atoms with Gasteiger partial charge in [0.15, 0.2) is 6.07 Å². The Kier molecular flexibility index (Phi) is 6.77. The minimum absolute atomic E-state index is 0.0178. The normalized spacial score (nSPS) is 49.8. The topological polar surface area (TPSA) is 52.6 Å². The van der Waals surface area contributed by atoms with E-state index in [0.717, 1.165) is 25.2 Å². The summed E-state index contributed by atoms with van der Waals surface area (Å²) in [5.41, 5.74) is 2.62. The van der Waals surface area contributed by atoms with Crippen LogP contribution in [0.3, 0.4) is 0 Å². The van der Waals surface area contributed by atoms with E-state index in [1.165, 1.54) is 38.2 Å². The van der Waals surface area contributed by atoms with E-state index in [1.807, 2.05) is 6.92 Å². The highest BCUT2D eigenvalue weighted by Gasteiger charge is 2.68. The molecular formula is C33H49ClO4. The molecule has 5 heteroatoms. The largest absolute Gasteiger partial charge is 0.461 e. The molecule has 0 aliphatic heterocycles. The molecular weight excluding hydrogens is 496 g/mol. The number of carbonyl (C=O) groups excluding carboxylic acids is 2. The number of rotatable bonds is 3. The molecule has 5 rings (SSSR count). The molecule has 4 nitrogen and oxygen atoms in total. The highest BCUT2D eigenvalue weighted by molar-refractivity contribution is 6.17. The second-order valence-corrected chi connectivity index (χ2v) is 15.1. The molecule has 0 unspecified atom stereocenters. The average molecular weight is 545 g/mol. The first-order chi connectivity index (χ1) is 17.7. The van der Waals surface area contributed by atoms with Gasteiger partial charge in [0.25, 0.3) is 0 Å². The van der Waals surface area contributed by atoms with Gasteiger partial charge >= 0.3 is 11.9 Å². The van der Waals surface area contributed by atoms with Crippen molar-refractivity contribution < 1.29 is 19.1 Å². The first kappa shape index (κ1) is 28.2. The smallest absolute Gasteiger partial charge is 0.317 e. The van der Waals surface area contributed by atoms with Gasteiger partial charge in [0.05, 0.1) is 0 Å². The van der Waals surface area contributed by atoms with Gasteiger partial charge in [-0.3, -0.25) is 9.59 Å². The van der Waals surface area contributed by atoms with Gasteiger partial charge in [-0.05, 0) is 104 Å².